The van der Waals surface area contributed by atoms with E-state index in [2.05, 4.69) is 152 Å². The molecular formula is C54H48N2. The van der Waals surface area contributed by atoms with Crippen LogP contribution in [0.15, 0.2) is 180 Å². The fraction of sp³-hybridized carbons (Fsp3) is 0.204. The molecule has 0 radical (unpaired) electrons. The smallest absolute Gasteiger partial charge is 0.0647 e. The van der Waals surface area contributed by atoms with Crippen LogP contribution in [0, 0.1) is 5.92 Å². The summed E-state index contributed by atoms with van der Waals surface area (Å²) in [5.41, 5.74) is 25.5. The van der Waals surface area contributed by atoms with Gasteiger partial charge in [0.25, 0.3) is 0 Å². The largest absolute Gasteiger partial charge is 0.398 e. The normalized spacial score (nSPS) is 19.5. The zero-order valence-electron chi connectivity index (χ0n) is 32.0. The van der Waals surface area contributed by atoms with E-state index in [1.54, 1.807) is 0 Å². The van der Waals surface area contributed by atoms with E-state index in [-0.39, 0.29) is 5.41 Å². The van der Waals surface area contributed by atoms with Crippen molar-refractivity contribution >= 4 is 11.4 Å². The minimum absolute atomic E-state index is 0.146. The summed E-state index contributed by atoms with van der Waals surface area (Å²) < 4.78 is 0. The Kier molecular flexibility index (Phi) is 8.98. The predicted molar refractivity (Wildman–Crippen MR) is 235 cm³/mol. The fourth-order valence-corrected chi connectivity index (χ4v) is 10.4. The molecule has 0 heterocycles. The van der Waals surface area contributed by atoms with Crippen LogP contribution in [0.25, 0.3) is 39.1 Å². The van der Waals surface area contributed by atoms with Gasteiger partial charge in [-0.2, -0.15) is 0 Å². The van der Waals surface area contributed by atoms with Crippen molar-refractivity contribution in [1.82, 2.24) is 0 Å². The fourth-order valence-electron chi connectivity index (χ4n) is 10.4. The van der Waals surface area contributed by atoms with Gasteiger partial charge in [0.05, 0.1) is 17.7 Å². The van der Waals surface area contributed by atoms with Crippen molar-refractivity contribution in [3.8, 4) is 33.4 Å². The van der Waals surface area contributed by atoms with E-state index in [1.807, 2.05) is 18.2 Å². The molecule has 4 aliphatic rings. The third kappa shape index (κ3) is 5.91. The summed E-state index contributed by atoms with van der Waals surface area (Å²) in [6.07, 6.45) is 17.6. The second-order valence-corrected chi connectivity index (χ2v) is 16.1. The summed E-state index contributed by atoms with van der Waals surface area (Å²) in [5, 5.41) is 0. The van der Waals surface area contributed by atoms with Gasteiger partial charge >= 0.3 is 0 Å². The number of benzene rings is 6. The second-order valence-electron chi connectivity index (χ2n) is 16.1. The van der Waals surface area contributed by atoms with Gasteiger partial charge in [-0.3, -0.25) is 4.99 Å². The van der Waals surface area contributed by atoms with Crippen LogP contribution in [-0.2, 0) is 12.0 Å². The summed E-state index contributed by atoms with van der Waals surface area (Å²) in [4.78, 5) is 5.24. The number of fused-ring (bicyclic) bond motifs is 10. The highest BCUT2D eigenvalue weighted by Gasteiger charge is 2.57. The molecule has 0 fully saturated rings. The maximum Gasteiger partial charge on any atom is 0.0647 e. The molecule has 6 aromatic rings. The highest BCUT2D eigenvalue weighted by molar-refractivity contribution is 6.11. The minimum Gasteiger partial charge on any atom is -0.398 e. The highest BCUT2D eigenvalue weighted by Crippen LogP contribution is 2.66. The van der Waals surface area contributed by atoms with E-state index in [9.17, 15) is 0 Å². The molecule has 6 aromatic carbocycles. The molecule has 274 valence electrons. The van der Waals surface area contributed by atoms with Crippen LogP contribution in [0.4, 0.5) is 0 Å². The van der Waals surface area contributed by atoms with Gasteiger partial charge in [0.2, 0.25) is 0 Å². The first-order valence-electron chi connectivity index (χ1n) is 20.6. The predicted octanol–water partition coefficient (Wildman–Crippen LogP) is 13.2. The molecule has 0 saturated heterocycles. The molecular weight excluding hydrogens is 677 g/mol. The molecule has 2 nitrogen and oxygen atoms in total. The Labute approximate surface area is 331 Å². The Morgan fingerprint density at radius 3 is 2.12 bits per heavy atom. The van der Waals surface area contributed by atoms with Crippen LogP contribution in [-0.4, -0.2) is 5.71 Å². The minimum atomic E-state index is -0.146. The summed E-state index contributed by atoms with van der Waals surface area (Å²) >= 11 is 0. The molecule has 10 rings (SSSR count). The Balaban J connectivity index is 1.00. The monoisotopic (exact) mass is 724 g/mol. The van der Waals surface area contributed by atoms with Gasteiger partial charge in [0.1, 0.15) is 0 Å². The highest BCUT2D eigenvalue weighted by atomic mass is 14.7. The molecule has 2 atom stereocenters. The molecule has 2 heteroatoms. The van der Waals surface area contributed by atoms with Crippen LogP contribution >= 0.6 is 0 Å². The number of aliphatic imine (C=N–C) groups is 1. The summed E-state index contributed by atoms with van der Waals surface area (Å²) in [5.74, 6) is 0.928. The molecule has 0 aliphatic heterocycles. The standard InChI is InChI=1S/C54H48N2/c55-52(38-17-6-3-7-18-38)35-53(39-19-4-1-2-5-20-39)56-36-37-16-14-21-40(32-37)41-22-15-23-42(33-41)43-30-31-47-46-26-10-13-29-50(46)54(51(47)34-43)48-27-11-8-24-44(48)45-25-9-12-28-49(45)54/h3,6-12,14-19,21-28,30-35,46,50H,1-2,4-5,13,20,29,36,55H2/b52-35-,56-53?. The third-order valence-electron chi connectivity index (χ3n) is 13.0. The first-order chi connectivity index (χ1) is 27.7. The lowest BCUT2D eigenvalue weighted by atomic mass is 9.64. The number of hydrogen-bond donors (Lipinski definition) is 1. The van der Waals surface area contributed by atoms with Crippen molar-refractivity contribution in [3.63, 3.8) is 0 Å². The van der Waals surface area contributed by atoms with Crippen LogP contribution < -0.4 is 5.73 Å². The number of rotatable bonds is 7. The molecule has 0 aromatic heterocycles. The van der Waals surface area contributed by atoms with Gasteiger partial charge in [0.15, 0.2) is 0 Å². The number of hydrogen-bond acceptors (Lipinski definition) is 2. The van der Waals surface area contributed by atoms with E-state index < -0.39 is 0 Å². The lowest BCUT2D eigenvalue weighted by Gasteiger charge is -2.38. The van der Waals surface area contributed by atoms with Crippen molar-refractivity contribution in [3.05, 3.63) is 209 Å². The van der Waals surface area contributed by atoms with Crippen molar-refractivity contribution in [1.29, 1.82) is 0 Å². The van der Waals surface area contributed by atoms with E-state index in [0.717, 1.165) is 36.2 Å². The topological polar surface area (TPSA) is 38.4 Å². The maximum atomic E-state index is 6.66. The Morgan fingerprint density at radius 1 is 0.643 bits per heavy atom. The molecule has 0 saturated carbocycles. The van der Waals surface area contributed by atoms with Crippen LogP contribution in [0.5, 0.6) is 0 Å². The Hall–Kier alpha value is -5.99. The summed E-state index contributed by atoms with van der Waals surface area (Å²) in [7, 11) is 0. The Bertz CT molecular complexity index is 2520. The lowest BCUT2D eigenvalue weighted by Crippen LogP contribution is -2.34. The maximum absolute atomic E-state index is 6.66. The zero-order valence-corrected chi connectivity index (χ0v) is 32.0. The van der Waals surface area contributed by atoms with E-state index in [1.165, 1.54) is 92.5 Å². The summed E-state index contributed by atoms with van der Waals surface area (Å²) in [6, 6.07) is 54.1. The van der Waals surface area contributed by atoms with E-state index >= 15 is 0 Å². The molecule has 56 heavy (non-hydrogen) atoms. The molecule has 2 N–H and O–H groups in total. The van der Waals surface area contributed by atoms with Gasteiger partial charge in [-0.1, -0.05) is 152 Å². The van der Waals surface area contributed by atoms with Crippen LogP contribution in [0.1, 0.15) is 84.2 Å². The average Bonchev–Trinajstić information content (AvgIpc) is 3.55. The Morgan fingerprint density at radius 2 is 1.34 bits per heavy atom. The van der Waals surface area contributed by atoms with Gasteiger partial charge in [-0.25, -0.2) is 0 Å². The van der Waals surface area contributed by atoms with Crippen molar-refractivity contribution in [2.24, 2.45) is 16.6 Å². The van der Waals surface area contributed by atoms with Crippen molar-refractivity contribution in [2.45, 2.75) is 62.8 Å². The molecule has 4 aliphatic carbocycles. The number of nitrogens with two attached hydrogens (primary N) is 1. The van der Waals surface area contributed by atoms with Crippen LogP contribution in [0.3, 0.4) is 0 Å². The van der Waals surface area contributed by atoms with E-state index in [4.69, 9.17) is 10.7 Å². The molecule has 2 unspecified atom stereocenters. The second kappa shape index (κ2) is 14.6. The first-order valence-corrected chi connectivity index (χ1v) is 20.6. The van der Waals surface area contributed by atoms with Gasteiger partial charge in [0, 0.05) is 11.6 Å². The van der Waals surface area contributed by atoms with Crippen molar-refractivity contribution < 1.29 is 0 Å². The van der Waals surface area contributed by atoms with Gasteiger partial charge in [-0.05, 0) is 141 Å². The molecule has 1 spiro atoms. The number of nitrogens with zero attached hydrogens (tertiary/aromatic N) is 1. The van der Waals surface area contributed by atoms with Crippen LogP contribution in [0.2, 0.25) is 0 Å². The van der Waals surface area contributed by atoms with Gasteiger partial charge in [-0.15, -0.1) is 0 Å². The summed E-state index contributed by atoms with van der Waals surface area (Å²) in [6.45, 7) is 0.603. The first kappa shape index (κ1) is 34.5. The zero-order chi connectivity index (χ0) is 37.5. The molecule has 0 amide bonds. The van der Waals surface area contributed by atoms with E-state index in [0.29, 0.717) is 18.4 Å². The lowest BCUT2D eigenvalue weighted by molar-refractivity contribution is 0.351. The SMILES string of the molecule is N/C(=C\C(=NCc1cccc(-c2cccc(-c3ccc4c(c3)C3(c5ccccc5-c5ccccc53)C3CCC=CC43)c2)c1)C1=CCCCCC1)c1ccccc1. The molecule has 0 bridgehead atoms. The quantitative estimate of drug-likeness (QED) is 0.129. The third-order valence-corrected chi connectivity index (χ3v) is 13.0. The van der Waals surface area contributed by atoms with Crippen molar-refractivity contribution in [2.75, 3.05) is 0 Å². The number of allylic oxidation sites excluding steroid dienone is 5. The van der Waals surface area contributed by atoms with Gasteiger partial charge < -0.3 is 5.73 Å². The average molecular weight is 725 g/mol.